The Morgan fingerprint density at radius 3 is 2.56 bits per heavy atom. The molecule has 1 atom stereocenters. The third-order valence-electron chi connectivity index (χ3n) is 4.21. The van der Waals surface area contributed by atoms with Gasteiger partial charge in [-0.15, -0.1) is 0 Å². The number of nitrogens with zero attached hydrogens (tertiary/aromatic N) is 2. The van der Waals surface area contributed by atoms with Gasteiger partial charge in [0.1, 0.15) is 0 Å². The van der Waals surface area contributed by atoms with Crippen molar-refractivity contribution in [1.82, 2.24) is 9.80 Å². The average molecular weight is 255 g/mol. The van der Waals surface area contributed by atoms with Crippen LogP contribution in [0.5, 0.6) is 0 Å². The third kappa shape index (κ3) is 4.58. The summed E-state index contributed by atoms with van der Waals surface area (Å²) in [6, 6.07) is 0. The zero-order valence-electron chi connectivity index (χ0n) is 12.2. The second-order valence-electron chi connectivity index (χ2n) is 5.64. The third-order valence-corrected chi connectivity index (χ3v) is 4.21. The first-order chi connectivity index (χ1) is 8.58. The van der Waals surface area contributed by atoms with Crippen LogP contribution < -0.4 is 5.73 Å². The molecule has 1 heterocycles. The Hall–Kier alpha value is -0.610. The lowest BCUT2D eigenvalue weighted by molar-refractivity contribution is -0.134. The summed E-state index contributed by atoms with van der Waals surface area (Å²) in [5.41, 5.74) is 5.62. The average Bonchev–Trinajstić information content (AvgIpc) is 2.39. The molecular formula is C14H29N3O. The van der Waals surface area contributed by atoms with Crippen molar-refractivity contribution in [3.8, 4) is 0 Å². The van der Waals surface area contributed by atoms with Crippen LogP contribution in [0.15, 0.2) is 0 Å². The zero-order valence-corrected chi connectivity index (χ0v) is 12.2. The summed E-state index contributed by atoms with van der Waals surface area (Å²) in [5.74, 6) is 1.01. The molecule has 2 N–H and O–H groups in total. The Bertz CT molecular complexity index is 245. The molecule has 106 valence electrons. The fourth-order valence-corrected chi connectivity index (χ4v) is 2.59. The van der Waals surface area contributed by atoms with E-state index in [1.807, 2.05) is 18.9 Å². The Kier molecular flexibility index (Phi) is 6.65. The van der Waals surface area contributed by atoms with Gasteiger partial charge in [-0.05, 0) is 51.7 Å². The Balaban J connectivity index is 2.27. The lowest BCUT2D eigenvalue weighted by atomic mass is 9.93. The normalized spacial score (nSPS) is 19.8. The maximum atomic E-state index is 12.1. The van der Waals surface area contributed by atoms with Crippen LogP contribution in [0.3, 0.4) is 0 Å². The number of hydrogen-bond donors (Lipinski definition) is 1. The van der Waals surface area contributed by atoms with Crippen LogP contribution in [0.1, 0.15) is 32.6 Å². The largest absolute Gasteiger partial charge is 0.345 e. The van der Waals surface area contributed by atoms with E-state index in [0.717, 1.165) is 25.3 Å². The predicted octanol–water partition coefficient (Wildman–Crippen LogP) is 1.16. The molecule has 4 heteroatoms. The SMILES string of the molecule is CCC(CN)C(=O)N(C)CCC1CCN(C)CC1. The van der Waals surface area contributed by atoms with Gasteiger partial charge in [0.25, 0.3) is 0 Å². The fourth-order valence-electron chi connectivity index (χ4n) is 2.59. The van der Waals surface area contributed by atoms with E-state index in [4.69, 9.17) is 5.73 Å². The lowest BCUT2D eigenvalue weighted by Gasteiger charge is -2.30. The minimum absolute atomic E-state index is 0.00693. The standard InChI is InChI=1S/C14H29N3O/c1-4-13(11-15)14(18)17(3)10-7-12-5-8-16(2)9-6-12/h12-13H,4-11,15H2,1-3H3. The van der Waals surface area contributed by atoms with Gasteiger partial charge in [-0.25, -0.2) is 0 Å². The Morgan fingerprint density at radius 1 is 1.44 bits per heavy atom. The maximum Gasteiger partial charge on any atom is 0.226 e. The van der Waals surface area contributed by atoms with Crippen molar-refractivity contribution in [2.45, 2.75) is 32.6 Å². The molecule has 0 aliphatic carbocycles. The van der Waals surface area contributed by atoms with Crippen molar-refractivity contribution in [2.24, 2.45) is 17.6 Å². The summed E-state index contributed by atoms with van der Waals surface area (Å²) in [4.78, 5) is 16.3. The van der Waals surface area contributed by atoms with Crippen LogP contribution in [0.25, 0.3) is 0 Å². The van der Waals surface area contributed by atoms with Gasteiger partial charge < -0.3 is 15.5 Å². The van der Waals surface area contributed by atoms with Crippen molar-refractivity contribution < 1.29 is 4.79 Å². The highest BCUT2D eigenvalue weighted by Gasteiger charge is 2.21. The van der Waals surface area contributed by atoms with Gasteiger partial charge in [0, 0.05) is 20.1 Å². The monoisotopic (exact) mass is 255 g/mol. The van der Waals surface area contributed by atoms with Gasteiger partial charge in [0.2, 0.25) is 5.91 Å². The quantitative estimate of drug-likeness (QED) is 0.775. The topological polar surface area (TPSA) is 49.6 Å². The molecule has 18 heavy (non-hydrogen) atoms. The van der Waals surface area contributed by atoms with Crippen molar-refractivity contribution >= 4 is 5.91 Å². The van der Waals surface area contributed by atoms with E-state index in [9.17, 15) is 4.79 Å². The smallest absolute Gasteiger partial charge is 0.226 e. The van der Waals surface area contributed by atoms with Gasteiger partial charge in [0.05, 0.1) is 5.92 Å². The number of likely N-dealkylation sites (tertiary alicyclic amines) is 1. The van der Waals surface area contributed by atoms with E-state index in [2.05, 4.69) is 11.9 Å². The molecule has 1 saturated heterocycles. The summed E-state index contributed by atoms with van der Waals surface area (Å²) in [7, 11) is 4.09. The van der Waals surface area contributed by atoms with Crippen LogP contribution in [0.2, 0.25) is 0 Å². The van der Waals surface area contributed by atoms with Gasteiger partial charge in [-0.3, -0.25) is 4.79 Å². The zero-order chi connectivity index (χ0) is 13.5. The van der Waals surface area contributed by atoms with Gasteiger partial charge >= 0.3 is 0 Å². The Labute approximate surface area is 111 Å². The molecule has 1 rings (SSSR count). The van der Waals surface area contributed by atoms with Crippen LogP contribution in [-0.4, -0.2) is 56.0 Å². The molecule has 0 saturated carbocycles. The van der Waals surface area contributed by atoms with Gasteiger partial charge in [0.15, 0.2) is 0 Å². The van der Waals surface area contributed by atoms with Crippen LogP contribution in [0.4, 0.5) is 0 Å². The highest BCUT2D eigenvalue weighted by Crippen LogP contribution is 2.20. The van der Waals surface area contributed by atoms with E-state index in [1.165, 1.54) is 25.9 Å². The molecule has 0 aromatic rings. The lowest BCUT2D eigenvalue weighted by Crippen LogP contribution is -2.38. The van der Waals surface area contributed by atoms with Crippen molar-refractivity contribution in [2.75, 3.05) is 40.3 Å². The molecule has 0 spiro atoms. The molecule has 0 aromatic carbocycles. The highest BCUT2D eigenvalue weighted by atomic mass is 16.2. The molecule has 1 unspecified atom stereocenters. The molecule has 1 fully saturated rings. The van der Waals surface area contributed by atoms with E-state index in [0.29, 0.717) is 6.54 Å². The van der Waals surface area contributed by atoms with Crippen molar-refractivity contribution in [3.05, 3.63) is 0 Å². The molecule has 1 amide bonds. The molecule has 1 aliphatic heterocycles. The number of amides is 1. The van der Waals surface area contributed by atoms with Crippen LogP contribution in [-0.2, 0) is 4.79 Å². The number of piperidine rings is 1. The minimum atomic E-state index is 0.00693. The van der Waals surface area contributed by atoms with E-state index in [-0.39, 0.29) is 11.8 Å². The second-order valence-corrected chi connectivity index (χ2v) is 5.64. The number of nitrogens with two attached hydrogens (primary N) is 1. The van der Waals surface area contributed by atoms with E-state index in [1.54, 1.807) is 0 Å². The van der Waals surface area contributed by atoms with Crippen LogP contribution in [0, 0.1) is 11.8 Å². The summed E-state index contributed by atoms with van der Waals surface area (Å²) < 4.78 is 0. The second kappa shape index (κ2) is 7.74. The molecule has 1 aliphatic rings. The molecule has 4 nitrogen and oxygen atoms in total. The van der Waals surface area contributed by atoms with Crippen LogP contribution >= 0.6 is 0 Å². The minimum Gasteiger partial charge on any atom is -0.345 e. The highest BCUT2D eigenvalue weighted by molar-refractivity contribution is 5.78. The van der Waals surface area contributed by atoms with E-state index >= 15 is 0 Å². The Morgan fingerprint density at radius 2 is 2.06 bits per heavy atom. The summed E-state index contributed by atoms with van der Waals surface area (Å²) >= 11 is 0. The van der Waals surface area contributed by atoms with E-state index < -0.39 is 0 Å². The first kappa shape index (κ1) is 15.4. The summed E-state index contributed by atoms with van der Waals surface area (Å²) in [6.45, 7) is 5.77. The number of rotatable bonds is 6. The van der Waals surface area contributed by atoms with Crippen molar-refractivity contribution in [3.63, 3.8) is 0 Å². The number of carbonyl (C=O) groups excluding carboxylic acids is 1. The molecular weight excluding hydrogens is 226 g/mol. The van der Waals surface area contributed by atoms with Gasteiger partial charge in [-0.2, -0.15) is 0 Å². The first-order valence-electron chi connectivity index (χ1n) is 7.22. The molecule has 0 radical (unpaired) electrons. The fraction of sp³-hybridized carbons (Fsp3) is 0.929. The first-order valence-corrected chi connectivity index (χ1v) is 7.22. The molecule has 0 aromatic heterocycles. The summed E-state index contributed by atoms with van der Waals surface area (Å²) in [6.07, 6.45) is 4.52. The van der Waals surface area contributed by atoms with Gasteiger partial charge in [-0.1, -0.05) is 6.92 Å². The van der Waals surface area contributed by atoms with Crippen molar-refractivity contribution in [1.29, 1.82) is 0 Å². The predicted molar refractivity (Wildman–Crippen MR) is 75.3 cm³/mol. The summed E-state index contributed by atoms with van der Waals surface area (Å²) in [5, 5.41) is 0. The maximum absolute atomic E-state index is 12.1. The number of carbonyl (C=O) groups is 1. The number of hydrogen-bond acceptors (Lipinski definition) is 3. The molecule has 0 bridgehead atoms.